The second-order valence-corrected chi connectivity index (χ2v) is 5.76. The molecule has 0 unspecified atom stereocenters. The number of carbonyl (C=O) groups is 1. The van der Waals surface area contributed by atoms with Crippen LogP contribution in [-0.2, 0) is 4.79 Å². The maximum atomic E-state index is 11.8. The number of hydrogen-bond donors (Lipinski definition) is 1. The molecule has 7 nitrogen and oxygen atoms in total. The number of amides is 1. The summed E-state index contributed by atoms with van der Waals surface area (Å²) in [6.07, 6.45) is 3.22. The van der Waals surface area contributed by atoms with Crippen molar-refractivity contribution in [1.29, 1.82) is 5.26 Å². The van der Waals surface area contributed by atoms with Crippen molar-refractivity contribution in [3.8, 4) is 11.8 Å². The fourth-order valence-corrected chi connectivity index (χ4v) is 2.91. The van der Waals surface area contributed by atoms with E-state index in [0.29, 0.717) is 22.2 Å². The van der Waals surface area contributed by atoms with E-state index in [2.05, 4.69) is 15.5 Å². The number of nitriles is 1. The van der Waals surface area contributed by atoms with Gasteiger partial charge >= 0.3 is 0 Å². The van der Waals surface area contributed by atoms with Crippen molar-refractivity contribution in [3.05, 3.63) is 52.3 Å². The zero-order valence-corrected chi connectivity index (χ0v) is 13.7. The maximum absolute atomic E-state index is 11.8. The molecule has 0 saturated heterocycles. The van der Waals surface area contributed by atoms with Crippen molar-refractivity contribution in [2.45, 2.75) is 0 Å². The van der Waals surface area contributed by atoms with Crippen LogP contribution in [0.2, 0.25) is 5.15 Å². The molecule has 2 aromatic heterocycles. The first kappa shape index (κ1) is 16.0. The van der Waals surface area contributed by atoms with E-state index in [1.165, 1.54) is 17.6 Å². The van der Waals surface area contributed by atoms with Crippen LogP contribution in [0, 0.1) is 11.3 Å². The summed E-state index contributed by atoms with van der Waals surface area (Å²) < 4.78 is 7.07. The van der Waals surface area contributed by atoms with Gasteiger partial charge in [-0.25, -0.2) is 10.4 Å². The summed E-state index contributed by atoms with van der Waals surface area (Å²) in [6, 6.07) is 8.66. The van der Waals surface area contributed by atoms with Crippen LogP contribution in [-0.4, -0.2) is 28.1 Å². The highest BCUT2D eigenvalue weighted by Crippen LogP contribution is 2.19. The molecule has 3 aromatic rings. The van der Waals surface area contributed by atoms with Crippen molar-refractivity contribution >= 4 is 40.0 Å². The van der Waals surface area contributed by atoms with Gasteiger partial charge in [0.1, 0.15) is 17.5 Å². The number of nitrogens with one attached hydrogen (secondary N) is 1. The lowest BCUT2D eigenvalue weighted by molar-refractivity contribution is -0.123. The van der Waals surface area contributed by atoms with Crippen LogP contribution in [0.25, 0.3) is 4.96 Å². The molecule has 0 aliphatic carbocycles. The van der Waals surface area contributed by atoms with Gasteiger partial charge in [0.2, 0.25) is 0 Å². The monoisotopic (exact) mass is 359 g/mol. The molecule has 0 aliphatic rings. The third-order valence-electron chi connectivity index (χ3n) is 3.00. The van der Waals surface area contributed by atoms with Gasteiger partial charge in [0.25, 0.3) is 5.91 Å². The molecule has 1 N–H and O–H groups in total. The molecule has 2 heterocycles. The molecule has 0 radical (unpaired) electrons. The zero-order chi connectivity index (χ0) is 16.9. The molecule has 3 rings (SSSR count). The first-order valence-corrected chi connectivity index (χ1v) is 7.99. The SMILES string of the molecule is N#Cc1ccccc1OCC(=O)N/N=C\c1c(Cl)nc2sccn12. The summed E-state index contributed by atoms with van der Waals surface area (Å²) in [7, 11) is 0. The summed E-state index contributed by atoms with van der Waals surface area (Å²) in [6.45, 7) is -0.260. The zero-order valence-electron chi connectivity index (χ0n) is 12.1. The van der Waals surface area contributed by atoms with Gasteiger partial charge in [-0.15, -0.1) is 11.3 Å². The number of aromatic nitrogens is 2. The van der Waals surface area contributed by atoms with E-state index in [1.54, 1.807) is 28.7 Å². The third-order valence-corrected chi connectivity index (χ3v) is 4.03. The maximum Gasteiger partial charge on any atom is 0.277 e. The topological polar surface area (TPSA) is 91.8 Å². The predicted molar refractivity (Wildman–Crippen MR) is 90.5 cm³/mol. The Morgan fingerprint density at radius 2 is 2.38 bits per heavy atom. The Bertz CT molecular complexity index is 956. The molecule has 0 saturated carbocycles. The molecular weight excluding hydrogens is 350 g/mol. The van der Waals surface area contributed by atoms with Crippen LogP contribution in [0.15, 0.2) is 40.9 Å². The van der Waals surface area contributed by atoms with Gasteiger partial charge in [0.15, 0.2) is 16.7 Å². The van der Waals surface area contributed by atoms with Crippen molar-refractivity contribution in [2.24, 2.45) is 5.10 Å². The number of hydrazone groups is 1. The Morgan fingerprint density at radius 3 is 3.21 bits per heavy atom. The number of imidazole rings is 1. The fourth-order valence-electron chi connectivity index (χ4n) is 1.92. The molecule has 0 bridgehead atoms. The normalized spacial score (nSPS) is 10.8. The summed E-state index contributed by atoms with van der Waals surface area (Å²) in [5, 5.41) is 15.0. The molecule has 9 heteroatoms. The van der Waals surface area contributed by atoms with Crippen LogP contribution in [0.1, 0.15) is 11.3 Å². The standard InChI is InChI=1S/C15H10ClN5O2S/c16-14-11(21-5-6-24-15(21)19-14)8-18-20-13(22)9-23-12-4-2-1-3-10(12)7-17/h1-6,8H,9H2,(H,20,22)/b18-8-. The lowest BCUT2D eigenvalue weighted by atomic mass is 10.2. The summed E-state index contributed by atoms with van der Waals surface area (Å²) in [5.74, 6) is -0.112. The average Bonchev–Trinajstić information content (AvgIpc) is 3.15. The van der Waals surface area contributed by atoms with Gasteiger partial charge in [0, 0.05) is 11.6 Å². The molecule has 0 fully saturated rings. The van der Waals surface area contributed by atoms with Crippen LogP contribution in [0.3, 0.4) is 0 Å². The highest BCUT2D eigenvalue weighted by Gasteiger charge is 2.09. The van der Waals surface area contributed by atoms with Crippen molar-refractivity contribution in [3.63, 3.8) is 0 Å². The number of fused-ring (bicyclic) bond motifs is 1. The summed E-state index contributed by atoms with van der Waals surface area (Å²) in [4.78, 5) is 16.7. The molecule has 120 valence electrons. The van der Waals surface area contributed by atoms with Crippen molar-refractivity contribution < 1.29 is 9.53 Å². The van der Waals surface area contributed by atoms with E-state index >= 15 is 0 Å². The van der Waals surface area contributed by atoms with Gasteiger partial charge in [-0.2, -0.15) is 10.4 Å². The molecule has 0 atom stereocenters. The summed E-state index contributed by atoms with van der Waals surface area (Å²) >= 11 is 7.46. The van der Waals surface area contributed by atoms with Crippen LogP contribution >= 0.6 is 22.9 Å². The van der Waals surface area contributed by atoms with Crippen molar-refractivity contribution in [1.82, 2.24) is 14.8 Å². The average molecular weight is 360 g/mol. The number of para-hydroxylation sites is 1. The van der Waals surface area contributed by atoms with E-state index in [0.717, 1.165) is 4.96 Å². The third kappa shape index (κ3) is 3.37. The number of benzene rings is 1. The molecule has 0 aliphatic heterocycles. The molecule has 0 spiro atoms. The van der Waals surface area contributed by atoms with E-state index < -0.39 is 5.91 Å². The Hall–Kier alpha value is -2.89. The number of rotatable bonds is 5. The molecule has 24 heavy (non-hydrogen) atoms. The van der Waals surface area contributed by atoms with Gasteiger partial charge in [-0.1, -0.05) is 23.7 Å². The van der Waals surface area contributed by atoms with E-state index in [1.807, 2.05) is 17.6 Å². The lowest BCUT2D eigenvalue weighted by Crippen LogP contribution is -2.24. The minimum absolute atomic E-state index is 0.260. The second kappa shape index (κ2) is 7.12. The number of carbonyl (C=O) groups excluding carboxylic acids is 1. The Balaban J connectivity index is 1.59. The smallest absolute Gasteiger partial charge is 0.277 e. The van der Waals surface area contributed by atoms with Crippen molar-refractivity contribution in [2.75, 3.05) is 6.61 Å². The lowest BCUT2D eigenvalue weighted by Gasteiger charge is -2.06. The Labute approximate surface area is 145 Å². The minimum atomic E-state index is -0.457. The fraction of sp³-hybridized carbons (Fsp3) is 0.0667. The first-order chi connectivity index (χ1) is 11.7. The van der Waals surface area contributed by atoms with Crippen LogP contribution in [0.5, 0.6) is 5.75 Å². The minimum Gasteiger partial charge on any atom is -0.482 e. The quantitative estimate of drug-likeness (QED) is 0.559. The predicted octanol–water partition coefficient (Wildman–Crippen LogP) is 2.45. The van der Waals surface area contributed by atoms with Gasteiger partial charge in [-0.3, -0.25) is 9.20 Å². The molecule has 1 aromatic carbocycles. The number of halogens is 1. The number of hydrogen-bond acceptors (Lipinski definition) is 6. The Morgan fingerprint density at radius 1 is 1.54 bits per heavy atom. The van der Waals surface area contributed by atoms with Crippen LogP contribution in [0.4, 0.5) is 0 Å². The second-order valence-electron chi connectivity index (χ2n) is 4.53. The first-order valence-electron chi connectivity index (χ1n) is 6.74. The Kier molecular flexibility index (Phi) is 4.74. The van der Waals surface area contributed by atoms with Gasteiger partial charge in [-0.05, 0) is 12.1 Å². The highest BCUT2D eigenvalue weighted by atomic mass is 35.5. The largest absolute Gasteiger partial charge is 0.482 e. The van der Waals surface area contributed by atoms with Gasteiger partial charge < -0.3 is 4.74 Å². The number of ether oxygens (including phenoxy) is 1. The van der Waals surface area contributed by atoms with Gasteiger partial charge in [0.05, 0.1) is 11.8 Å². The van der Waals surface area contributed by atoms with Crippen LogP contribution < -0.4 is 10.2 Å². The molecular formula is C15H10ClN5O2S. The van der Waals surface area contributed by atoms with E-state index in [9.17, 15) is 4.79 Å². The number of thiazole rings is 1. The summed E-state index contributed by atoms with van der Waals surface area (Å²) in [5.41, 5.74) is 3.27. The van der Waals surface area contributed by atoms with E-state index in [4.69, 9.17) is 21.6 Å². The van der Waals surface area contributed by atoms with E-state index in [-0.39, 0.29) is 6.61 Å². The highest BCUT2D eigenvalue weighted by molar-refractivity contribution is 7.15. The molecule has 1 amide bonds. The number of nitrogens with zero attached hydrogens (tertiary/aromatic N) is 4.